The molecule has 0 atom stereocenters. The second-order valence-corrected chi connectivity index (χ2v) is 5.96. The highest BCUT2D eigenvalue weighted by atomic mass is 19.3. The van der Waals surface area contributed by atoms with E-state index in [1.165, 1.54) is 0 Å². The normalized spacial score (nSPS) is 23.6. The van der Waals surface area contributed by atoms with Gasteiger partial charge in [0.05, 0.1) is 0 Å². The van der Waals surface area contributed by atoms with Gasteiger partial charge in [0, 0.05) is 0 Å². The topological polar surface area (TPSA) is 88.3 Å². The van der Waals surface area contributed by atoms with Crippen molar-refractivity contribution < 1.29 is 23.2 Å². The van der Waals surface area contributed by atoms with Crippen molar-refractivity contribution in [3.63, 3.8) is 0 Å². The van der Waals surface area contributed by atoms with Crippen molar-refractivity contribution in [2.45, 2.75) is 62.0 Å². The van der Waals surface area contributed by atoms with Crippen LogP contribution in [-0.2, 0) is 10.3 Å². The van der Waals surface area contributed by atoms with E-state index in [-0.39, 0.29) is 18.7 Å². The smallest absolute Gasteiger partial charge is 0.352 e. The minimum Gasteiger partial charge on any atom is -0.383 e. The molecule has 2 fully saturated rings. The van der Waals surface area contributed by atoms with E-state index in [1.54, 1.807) is 0 Å². The number of halogens is 2. The number of aromatic nitrogens is 2. The fraction of sp³-hybridized carbons (Fsp3) is 0.769. The molecule has 2 saturated carbocycles. The number of rotatable bonds is 4. The summed E-state index contributed by atoms with van der Waals surface area (Å²) in [5.74, 6) is -5.09. The quantitative estimate of drug-likeness (QED) is 0.880. The number of amides is 1. The van der Waals surface area contributed by atoms with Gasteiger partial charge in [0.2, 0.25) is 6.39 Å². The number of hydrogen-bond donors (Lipinski definition) is 2. The van der Waals surface area contributed by atoms with Crippen LogP contribution in [-0.4, -0.2) is 32.7 Å². The highest BCUT2D eigenvalue weighted by Gasteiger charge is 2.61. The standard InChI is InChI=1S/C13H17F2N3O3/c14-13(15,12(20)4-2-1-3-5-12)10(19)17-11(6-7-11)9-16-8-21-18-9/h8,20H,1-7H2,(H,17,19). The Bertz CT molecular complexity index is 523. The number of nitrogens with one attached hydrogen (secondary N) is 1. The third-order valence-electron chi connectivity index (χ3n) is 4.44. The van der Waals surface area contributed by atoms with Crippen LogP contribution in [0.4, 0.5) is 8.78 Å². The summed E-state index contributed by atoms with van der Waals surface area (Å²) in [4.78, 5) is 15.8. The summed E-state index contributed by atoms with van der Waals surface area (Å²) in [5, 5.41) is 16.1. The molecule has 2 aliphatic carbocycles. The molecule has 0 aromatic carbocycles. The zero-order chi connectivity index (χ0) is 15.1. The molecule has 1 aromatic heterocycles. The molecule has 2 aliphatic rings. The van der Waals surface area contributed by atoms with Crippen molar-refractivity contribution in [2.24, 2.45) is 0 Å². The fourth-order valence-corrected chi connectivity index (χ4v) is 2.87. The third-order valence-corrected chi connectivity index (χ3v) is 4.44. The van der Waals surface area contributed by atoms with Gasteiger partial charge in [-0.3, -0.25) is 4.79 Å². The highest BCUT2D eigenvalue weighted by Crippen LogP contribution is 2.46. The first kappa shape index (κ1) is 14.4. The van der Waals surface area contributed by atoms with Gasteiger partial charge in [-0.05, 0) is 25.7 Å². The van der Waals surface area contributed by atoms with Gasteiger partial charge < -0.3 is 14.9 Å². The molecule has 0 radical (unpaired) electrons. The Morgan fingerprint density at radius 3 is 2.48 bits per heavy atom. The molecule has 0 saturated heterocycles. The van der Waals surface area contributed by atoms with E-state index >= 15 is 0 Å². The van der Waals surface area contributed by atoms with E-state index in [2.05, 4.69) is 20.0 Å². The number of hydrogen-bond acceptors (Lipinski definition) is 5. The Balaban J connectivity index is 1.75. The van der Waals surface area contributed by atoms with Crippen molar-refractivity contribution in [2.75, 3.05) is 0 Å². The first-order valence-corrected chi connectivity index (χ1v) is 7.09. The van der Waals surface area contributed by atoms with Gasteiger partial charge in [0.1, 0.15) is 11.1 Å². The summed E-state index contributed by atoms with van der Waals surface area (Å²) in [6.07, 6.45) is 3.71. The molecule has 1 aromatic rings. The zero-order valence-corrected chi connectivity index (χ0v) is 11.4. The summed E-state index contributed by atoms with van der Waals surface area (Å²) in [5.41, 5.74) is -3.23. The molecule has 0 bridgehead atoms. The Labute approximate surface area is 119 Å². The van der Waals surface area contributed by atoms with Crippen molar-refractivity contribution >= 4 is 5.91 Å². The average Bonchev–Trinajstić information content (AvgIpc) is 3.02. The van der Waals surface area contributed by atoms with Crippen molar-refractivity contribution in [1.82, 2.24) is 15.5 Å². The van der Waals surface area contributed by atoms with Gasteiger partial charge in [0.15, 0.2) is 5.82 Å². The number of nitrogens with zero attached hydrogens (tertiary/aromatic N) is 2. The van der Waals surface area contributed by atoms with E-state index in [4.69, 9.17) is 0 Å². The molecule has 0 unspecified atom stereocenters. The minimum absolute atomic E-state index is 0.0668. The predicted octanol–water partition coefficient (Wildman–Crippen LogP) is 1.51. The lowest BCUT2D eigenvalue weighted by Crippen LogP contribution is -2.59. The Morgan fingerprint density at radius 2 is 1.95 bits per heavy atom. The first-order valence-electron chi connectivity index (χ1n) is 7.09. The van der Waals surface area contributed by atoms with Crippen LogP contribution in [0.5, 0.6) is 0 Å². The molecule has 0 aliphatic heterocycles. The predicted molar refractivity (Wildman–Crippen MR) is 66.3 cm³/mol. The van der Waals surface area contributed by atoms with Crippen LogP contribution in [0, 0.1) is 0 Å². The molecule has 8 heteroatoms. The molecule has 1 amide bonds. The van der Waals surface area contributed by atoms with Crippen LogP contribution < -0.4 is 5.32 Å². The molecule has 3 rings (SSSR count). The van der Waals surface area contributed by atoms with Gasteiger partial charge in [-0.15, -0.1) is 0 Å². The van der Waals surface area contributed by atoms with Crippen molar-refractivity contribution in [1.29, 1.82) is 0 Å². The summed E-state index contributed by atoms with van der Waals surface area (Å²) in [7, 11) is 0. The van der Waals surface area contributed by atoms with Crippen LogP contribution in [0.2, 0.25) is 0 Å². The lowest BCUT2D eigenvalue weighted by atomic mass is 9.79. The molecular formula is C13H17F2N3O3. The van der Waals surface area contributed by atoms with E-state index < -0.39 is 23.0 Å². The second-order valence-electron chi connectivity index (χ2n) is 5.96. The van der Waals surface area contributed by atoms with E-state index in [9.17, 15) is 18.7 Å². The Kier molecular flexibility index (Phi) is 3.23. The number of carbonyl (C=O) groups excluding carboxylic acids is 1. The summed E-state index contributed by atoms with van der Waals surface area (Å²) < 4.78 is 33.3. The van der Waals surface area contributed by atoms with Gasteiger partial charge in [-0.25, -0.2) is 0 Å². The largest absolute Gasteiger partial charge is 0.383 e. The van der Waals surface area contributed by atoms with Gasteiger partial charge in [-0.1, -0.05) is 24.4 Å². The van der Waals surface area contributed by atoms with Crippen molar-refractivity contribution in [3.8, 4) is 0 Å². The maximum absolute atomic E-state index is 14.4. The summed E-state index contributed by atoms with van der Waals surface area (Å²) in [6.45, 7) is 0. The molecular weight excluding hydrogens is 284 g/mol. The first-order chi connectivity index (χ1) is 9.90. The maximum Gasteiger partial charge on any atom is 0.352 e. The summed E-state index contributed by atoms with van der Waals surface area (Å²) in [6, 6.07) is 0. The Hall–Kier alpha value is -1.57. The van der Waals surface area contributed by atoms with Crippen LogP contribution in [0.15, 0.2) is 10.9 Å². The average molecular weight is 301 g/mol. The molecule has 116 valence electrons. The SMILES string of the molecule is O=C(NC1(c2ncon2)CC1)C(F)(F)C1(O)CCCCC1. The van der Waals surface area contributed by atoms with Gasteiger partial charge in [-0.2, -0.15) is 13.8 Å². The van der Waals surface area contributed by atoms with E-state index in [0.29, 0.717) is 25.7 Å². The van der Waals surface area contributed by atoms with Gasteiger partial charge in [0.25, 0.3) is 5.91 Å². The fourth-order valence-electron chi connectivity index (χ4n) is 2.87. The van der Waals surface area contributed by atoms with Crippen LogP contribution in [0.1, 0.15) is 50.8 Å². The third kappa shape index (κ3) is 2.31. The van der Waals surface area contributed by atoms with E-state index in [0.717, 1.165) is 12.8 Å². The zero-order valence-electron chi connectivity index (χ0n) is 11.4. The highest BCUT2D eigenvalue weighted by molar-refractivity contribution is 5.86. The van der Waals surface area contributed by atoms with E-state index in [1.807, 2.05) is 0 Å². The minimum atomic E-state index is -3.83. The van der Waals surface area contributed by atoms with Crippen molar-refractivity contribution in [3.05, 3.63) is 12.2 Å². The molecule has 6 nitrogen and oxygen atoms in total. The number of alkyl halides is 2. The van der Waals surface area contributed by atoms with Crippen LogP contribution in [0.3, 0.4) is 0 Å². The molecule has 1 heterocycles. The molecule has 2 N–H and O–H groups in total. The molecule has 21 heavy (non-hydrogen) atoms. The maximum atomic E-state index is 14.4. The lowest BCUT2D eigenvalue weighted by molar-refractivity contribution is -0.202. The van der Waals surface area contributed by atoms with Gasteiger partial charge >= 0.3 is 5.92 Å². The van der Waals surface area contributed by atoms with Crippen LogP contribution >= 0.6 is 0 Å². The second kappa shape index (κ2) is 4.72. The number of aliphatic hydroxyl groups is 1. The monoisotopic (exact) mass is 301 g/mol. The summed E-state index contributed by atoms with van der Waals surface area (Å²) >= 11 is 0. The van der Waals surface area contributed by atoms with Crippen LogP contribution in [0.25, 0.3) is 0 Å². The lowest BCUT2D eigenvalue weighted by Gasteiger charge is -2.38. The number of carbonyl (C=O) groups is 1. The Morgan fingerprint density at radius 1 is 1.29 bits per heavy atom. The molecule has 0 spiro atoms.